The Balaban J connectivity index is 2.71. The molecule has 0 saturated heterocycles. The third-order valence-electron chi connectivity index (χ3n) is 3.27. The van der Waals surface area contributed by atoms with E-state index in [0.717, 1.165) is 0 Å². The number of nitrogens with one attached hydrogen (secondary N) is 1. The molecule has 1 heterocycles. The molecule has 0 fully saturated rings. The summed E-state index contributed by atoms with van der Waals surface area (Å²) in [4.78, 5) is 14.2. The predicted octanol–water partition coefficient (Wildman–Crippen LogP) is 0.747. The number of nitriles is 2. The Bertz CT molecular complexity index is 906. The van der Waals surface area contributed by atoms with Crippen molar-refractivity contribution in [1.29, 1.82) is 10.5 Å². The van der Waals surface area contributed by atoms with Crippen LogP contribution in [0.2, 0.25) is 0 Å². The maximum atomic E-state index is 11.9. The number of nitrogens with two attached hydrogens (primary N) is 1. The number of methoxy groups -OCH3 is 1. The van der Waals surface area contributed by atoms with Gasteiger partial charge in [-0.25, -0.2) is 0 Å². The lowest BCUT2D eigenvalue weighted by atomic mass is 9.96. The second-order valence-corrected chi connectivity index (χ2v) is 4.65. The molecule has 8 nitrogen and oxygen atoms in total. The van der Waals surface area contributed by atoms with Crippen LogP contribution in [0.25, 0.3) is 11.1 Å². The van der Waals surface area contributed by atoms with Gasteiger partial charge in [0, 0.05) is 5.56 Å². The average Bonchev–Trinajstić information content (AvgIpc) is 2.59. The van der Waals surface area contributed by atoms with Crippen LogP contribution in [0.15, 0.2) is 23.0 Å². The van der Waals surface area contributed by atoms with E-state index in [4.69, 9.17) is 20.3 Å². The third kappa shape index (κ3) is 3.00. The van der Waals surface area contributed by atoms with Crippen molar-refractivity contribution >= 4 is 5.82 Å². The van der Waals surface area contributed by atoms with Gasteiger partial charge in [-0.15, -0.1) is 0 Å². The maximum absolute atomic E-state index is 11.9. The lowest BCUT2D eigenvalue weighted by Crippen LogP contribution is -2.16. The molecule has 0 aliphatic heterocycles. The van der Waals surface area contributed by atoms with Gasteiger partial charge in [0.05, 0.1) is 13.7 Å². The number of aliphatic hydroxyl groups excluding tert-OH is 1. The van der Waals surface area contributed by atoms with Gasteiger partial charge >= 0.3 is 0 Å². The van der Waals surface area contributed by atoms with Gasteiger partial charge in [-0.1, -0.05) is 6.07 Å². The number of hydrogen-bond acceptors (Lipinski definition) is 7. The number of aromatic amines is 1. The van der Waals surface area contributed by atoms with Crippen molar-refractivity contribution in [3.05, 3.63) is 39.7 Å². The minimum Gasteiger partial charge on any atom is -0.493 e. The Labute approximate surface area is 137 Å². The van der Waals surface area contributed by atoms with Gasteiger partial charge < -0.3 is 25.3 Å². The fourth-order valence-electron chi connectivity index (χ4n) is 2.23. The molecule has 0 spiro atoms. The van der Waals surface area contributed by atoms with E-state index < -0.39 is 5.56 Å². The van der Waals surface area contributed by atoms with E-state index in [1.165, 1.54) is 13.2 Å². The molecule has 24 heavy (non-hydrogen) atoms. The molecule has 2 rings (SSSR count). The summed E-state index contributed by atoms with van der Waals surface area (Å²) in [6.07, 6.45) is 0. The minimum absolute atomic E-state index is 0.00257. The van der Waals surface area contributed by atoms with Gasteiger partial charge in [0.25, 0.3) is 5.56 Å². The quantitative estimate of drug-likeness (QED) is 0.734. The lowest BCUT2D eigenvalue weighted by Gasteiger charge is -2.13. The van der Waals surface area contributed by atoms with E-state index in [9.17, 15) is 15.3 Å². The number of H-pyrrole nitrogens is 1. The molecule has 8 heteroatoms. The molecule has 1 aromatic heterocycles. The molecule has 0 bridgehead atoms. The van der Waals surface area contributed by atoms with E-state index >= 15 is 0 Å². The molecule has 1 aromatic carbocycles. The van der Waals surface area contributed by atoms with Crippen molar-refractivity contribution < 1.29 is 14.6 Å². The number of pyridine rings is 1. The molecule has 0 radical (unpaired) electrons. The molecule has 122 valence electrons. The van der Waals surface area contributed by atoms with E-state index in [1.54, 1.807) is 18.2 Å². The number of hydrogen-bond donors (Lipinski definition) is 3. The van der Waals surface area contributed by atoms with Crippen LogP contribution in [0.4, 0.5) is 5.82 Å². The van der Waals surface area contributed by atoms with E-state index in [-0.39, 0.29) is 35.7 Å². The number of nitrogen functional groups attached to an aromatic ring is 1. The maximum Gasteiger partial charge on any atom is 0.268 e. The highest BCUT2D eigenvalue weighted by Crippen LogP contribution is 2.35. The number of anilines is 1. The van der Waals surface area contributed by atoms with Gasteiger partial charge in [0.1, 0.15) is 35.7 Å². The highest BCUT2D eigenvalue weighted by atomic mass is 16.5. The first-order chi connectivity index (χ1) is 11.6. The zero-order chi connectivity index (χ0) is 17.7. The Kier molecular flexibility index (Phi) is 5.05. The molecule has 0 amide bonds. The first-order valence-corrected chi connectivity index (χ1v) is 6.85. The smallest absolute Gasteiger partial charge is 0.268 e. The van der Waals surface area contributed by atoms with Crippen LogP contribution in [0.1, 0.15) is 11.1 Å². The van der Waals surface area contributed by atoms with Crippen LogP contribution in [0.5, 0.6) is 11.5 Å². The SMILES string of the molecule is COc1cc(-c2c(C#N)c(N)[nH]c(=O)c2C#N)ccc1OCCO. The standard InChI is InChI=1S/C16H14N4O4/c1-23-13-6-9(2-3-12(13)24-5-4-21)14-10(7-17)15(19)20-16(22)11(14)8-18/h2-3,6,21H,4-5H2,1H3,(H3,19,20,22). The summed E-state index contributed by atoms with van der Waals surface area (Å²) >= 11 is 0. The summed E-state index contributed by atoms with van der Waals surface area (Å²) in [5.74, 6) is 0.591. The van der Waals surface area contributed by atoms with Crippen molar-refractivity contribution in [2.45, 2.75) is 0 Å². The summed E-state index contributed by atoms with van der Waals surface area (Å²) in [6, 6.07) is 8.36. The number of rotatable bonds is 5. The molecule has 0 saturated carbocycles. The van der Waals surface area contributed by atoms with Crippen LogP contribution in [-0.4, -0.2) is 30.4 Å². The molecular formula is C16H14N4O4. The van der Waals surface area contributed by atoms with Crippen molar-refractivity contribution in [2.75, 3.05) is 26.1 Å². The number of aromatic nitrogens is 1. The lowest BCUT2D eigenvalue weighted by molar-refractivity contribution is 0.196. The molecule has 0 aliphatic carbocycles. The number of nitrogens with zero attached hydrogens (tertiary/aromatic N) is 2. The van der Waals surface area contributed by atoms with Crippen molar-refractivity contribution in [3.63, 3.8) is 0 Å². The van der Waals surface area contributed by atoms with E-state index in [0.29, 0.717) is 17.1 Å². The van der Waals surface area contributed by atoms with Crippen LogP contribution in [0, 0.1) is 22.7 Å². The Morgan fingerprint density at radius 2 is 1.96 bits per heavy atom. The minimum atomic E-state index is -0.677. The van der Waals surface area contributed by atoms with Crippen molar-refractivity contribution in [1.82, 2.24) is 4.98 Å². The molecule has 0 atom stereocenters. The summed E-state index contributed by atoms with van der Waals surface area (Å²) in [6.45, 7) is -0.0762. The normalized spacial score (nSPS) is 9.83. The van der Waals surface area contributed by atoms with Gasteiger partial charge in [-0.2, -0.15) is 10.5 Å². The van der Waals surface area contributed by atoms with Gasteiger partial charge in [-0.05, 0) is 17.7 Å². The fourth-order valence-corrected chi connectivity index (χ4v) is 2.23. The summed E-state index contributed by atoms with van der Waals surface area (Å²) in [5, 5.41) is 27.4. The Morgan fingerprint density at radius 3 is 2.54 bits per heavy atom. The first-order valence-electron chi connectivity index (χ1n) is 6.85. The van der Waals surface area contributed by atoms with Crippen molar-refractivity contribution in [2.24, 2.45) is 0 Å². The van der Waals surface area contributed by atoms with Gasteiger partial charge in [-0.3, -0.25) is 4.79 Å². The highest BCUT2D eigenvalue weighted by Gasteiger charge is 2.19. The number of ether oxygens (including phenoxy) is 2. The predicted molar refractivity (Wildman–Crippen MR) is 85.5 cm³/mol. The van der Waals surface area contributed by atoms with Crippen molar-refractivity contribution in [3.8, 4) is 34.8 Å². The van der Waals surface area contributed by atoms with Gasteiger partial charge in [0.15, 0.2) is 11.5 Å². The number of aliphatic hydroxyl groups is 1. The first kappa shape index (κ1) is 16.9. The van der Waals surface area contributed by atoms with Crippen LogP contribution in [-0.2, 0) is 0 Å². The molecule has 2 aromatic rings. The van der Waals surface area contributed by atoms with Crippen LogP contribution < -0.4 is 20.8 Å². The largest absolute Gasteiger partial charge is 0.493 e. The van der Waals surface area contributed by atoms with Gasteiger partial charge in [0.2, 0.25) is 0 Å². The molecular weight excluding hydrogens is 312 g/mol. The molecule has 0 unspecified atom stereocenters. The Hall–Kier alpha value is -3.49. The zero-order valence-electron chi connectivity index (χ0n) is 12.8. The highest BCUT2D eigenvalue weighted by molar-refractivity contribution is 5.81. The average molecular weight is 326 g/mol. The summed E-state index contributed by atoms with van der Waals surface area (Å²) < 4.78 is 10.6. The zero-order valence-corrected chi connectivity index (χ0v) is 12.8. The number of benzene rings is 1. The van der Waals surface area contributed by atoms with Crippen LogP contribution >= 0.6 is 0 Å². The second kappa shape index (κ2) is 7.18. The molecule has 4 N–H and O–H groups in total. The monoisotopic (exact) mass is 326 g/mol. The fraction of sp³-hybridized carbons (Fsp3) is 0.188. The second-order valence-electron chi connectivity index (χ2n) is 4.65. The van der Waals surface area contributed by atoms with Crippen LogP contribution in [0.3, 0.4) is 0 Å². The summed E-state index contributed by atoms with van der Waals surface area (Å²) in [5.41, 5.74) is 5.34. The van der Waals surface area contributed by atoms with E-state index in [1.807, 2.05) is 6.07 Å². The summed E-state index contributed by atoms with van der Waals surface area (Å²) in [7, 11) is 1.42. The third-order valence-corrected chi connectivity index (χ3v) is 3.27. The topological polar surface area (TPSA) is 145 Å². The Morgan fingerprint density at radius 1 is 1.25 bits per heavy atom. The van der Waals surface area contributed by atoms with E-state index in [2.05, 4.69) is 4.98 Å². The molecule has 0 aliphatic rings.